The van der Waals surface area contributed by atoms with Crippen LogP contribution in [0.5, 0.6) is 5.88 Å². The van der Waals surface area contributed by atoms with Gasteiger partial charge in [0.2, 0.25) is 0 Å². The van der Waals surface area contributed by atoms with Crippen molar-refractivity contribution < 1.29 is 24.9 Å². The number of aliphatic carboxylic acids is 1. The molecular formula is C10H12N2O6. The first kappa shape index (κ1) is 13.7. The molecule has 0 fully saturated rings. The van der Waals surface area contributed by atoms with Crippen LogP contribution in [0.25, 0.3) is 0 Å². The zero-order valence-electron chi connectivity index (χ0n) is 9.21. The number of carboxylic acid groups (broad SMARTS) is 1. The summed E-state index contributed by atoms with van der Waals surface area (Å²) in [7, 11) is 0. The molecule has 8 heteroatoms. The molecule has 98 valence electrons. The molecule has 0 bridgehead atoms. The molecular weight excluding hydrogens is 244 g/mol. The van der Waals surface area contributed by atoms with Crippen molar-refractivity contribution in [1.82, 2.24) is 10.3 Å². The number of hydrogen-bond acceptors (Lipinski definition) is 5. The maximum Gasteiger partial charge on any atom is 0.332 e. The monoisotopic (exact) mass is 256 g/mol. The van der Waals surface area contributed by atoms with Gasteiger partial charge in [-0.1, -0.05) is 0 Å². The minimum absolute atomic E-state index is 0.0546. The van der Waals surface area contributed by atoms with Gasteiger partial charge in [-0.15, -0.1) is 0 Å². The third-order valence-electron chi connectivity index (χ3n) is 2.08. The van der Waals surface area contributed by atoms with Crippen molar-refractivity contribution in [1.29, 1.82) is 0 Å². The summed E-state index contributed by atoms with van der Waals surface area (Å²) in [6.45, 7) is -0.0696. The van der Waals surface area contributed by atoms with Gasteiger partial charge in [0.05, 0.1) is 5.56 Å². The van der Waals surface area contributed by atoms with Gasteiger partial charge >= 0.3 is 5.97 Å². The number of carbonyl (C=O) groups excluding carboxylic acids is 1. The molecule has 0 radical (unpaired) electrons. The molecule has 0 aliphatic carbocycles. The third-order valence-corrected chi connectivity index (χ3v) is 2.08. The lowest BCUT2D eigenvalue weighted by Gasteiger charge is -2.07. The van der Waals surface area contributed by atoms with Crippen LogP contribution in [0.2, 0.25) is 0 Å². The highest BCUT2D eigenvalue weighted by Crippen LogP contribution is 2.03. The number of pyridine rings is 1. The Morgan fingerprint density at radius 3 is 2.61 bits per heavy atom. The molecule has 0 aromatic carbocycles. The fraction of sp³-hybridized carbons (Fsp3) is 0.300. The van der Waals surface area contributed by atoms with E-state index in [1.54, 1.807) is 0 Å². The first-order valence-electron chi connectivity index (χ1n) is 5.02. The first-order valence-corrected chi connectivity index (χ1v) is 5.02. The van der Waals surface area contributed by atoms with Crippen LogP contribution >= 0.6 is 0 Å². The van der Waals surface area contributed by atoms with E-state index < -0.39 is 29.4 Å². The average molecular weight is 256 g/mol. The Balaban J connectivity index is 2.55. The van der Waals surface area contributed by atoms with Crippen molar-refractivity contribution in [2.75, 3.05) is 6.54 Å². The second-order valence-electron chi connectivity index (χ2n) is 3.52. The van der Waals surface area contributed by atoms with E-state index in [1.807, 2.05) is 0 Å². The van der Waals surface area contributed by atoms with Crippen LogP contribution in [0.1, 0.15) is 16.8 Å². The summed E-state index contributed by atoms with van der Waals surface area (Å²) in [6.07, 6.45) is -1.71. The highest BCUT2D eigenvalue weighted by molar-refractivity contribution is 5.94. The molecule has 1 amide bonds. The normalized spacial score (nSPS) is 11.8. The van der Waals surface area contributed by atoms with Crippen LogP contribution in [-0.2, 0) is 4.79 Å². The molecule has 0 saturated heterocycles. The molecule has 18 heavy (non-hydrogen) atoms. The summed E-state index contributed by atoms with van der Waals surface area (Å²) in [5.41, 5.74) is -0.688. The summed E-state index contributed by atoms with van der Waals surface area (Å²) in [4.78, 5) is 34.8. The van der Waals surface area contributed by atoms with Gasteiger partial charge in [0, 0.05) is 25.1 Å². The zero-order chi connectivity index (χ0) is 13.7. The quantitative estimate of drug-likeness (QED) is 0.441. The van der Waals surface area contributed by atoms with Crippen molar-refractivity contribution in [3.63, 3.8) is 0 Å². The number of aromatic nitrogens is 1. The summed E-state index contributed by atoms with van der Waals surface area (Å²) in [5, 5.41) is 28.7. The second kappa shape index (κ2) is 5.82. The maximum atomic E-state index is 11.5. The van der Waals surface area contributed by atoms with E-state index in [9.17, 15) is 14.4 Å². The summed E-state index contributed by atoms with van der Waals surface area (Å²) < 4.78 is 0. The fourth-order valence-electron chi connectivity index (χ4n) is 1.21. The molecule has 0 aliphatic rings. The lowest BCUT2D eigenvalue weighted by molar-refractivity contribution is -0.146. The highest BCUT2D eigenvalue weighted by atomic mass is 16.4. The van der Waals surface area contributed by atoms with Gasteiger partial charge in [-0.05, 0) is 0 Å². The fourth-order valence-corrected chi connectivity index (χ4v) is 1.21. The highest BCUT2D eigenvalue weighted by Gasteiger charge is 2.13. The standard InChI is InChI=1S/C10H12N2O6/c13-6(10(17)18)1-2-11-9(16)5-3-7(14)12-8(15)4-5/h3-4,6,13H,1-2H2,(H,11,16)(H,17,18)(H2,12,14,15)/t6-/m0/s1. The largest absolute Gasteiger partial charge is 0.494 e. The Kier molecular flexibility index (Phi) is 4.44. The number of hydrogen-bond donors (Lipinski definition) is 5. The topological polar surface area (TPSA) is 140 Å². The van der Waals surface area contributed by atoms with Crippen molar-refractivity contribution >= 4 is 11.9 Å². The predicted octanol–water partition coefficient (Wildman–Crippen LogP) is -1.35. The zero-order valence-corrected chi connectivity index (χ0v) is 9.21. The number of aromatic hydroxyl groups is 1. The molecule has 8 nitrogen and oxygen atoms in total. The van der Waals surface area contributed by atoms with Gasteiger partial charge < -0.3 is 20.6 Å². The Hall–Kier alpha value is -2.35. The molecule has 1 heterocycles. The lowest BCUT2D eigenvalue weighted by atomic mass is 10.2. The molecule has 0 unspecified atom stereocenters. The van der Waals surface area contributed by atoms with Gasteiger partial charge in [-0.2, -0.15) is 0 Å². The van der Waals surface area contributed by atoms with E-state index in [-0.39, 0.29) is 18.5 Å². The van der Waals surface area contributed by atoms with Crippen molar-refractivity contribution in [2.24, 2.45) is 0 Å². The summed E-state index contributed by atoms with van der Waals surface area (Å²) in [5.74, 6) is -2.47. The van der Waals surface area contributed by atoms with Crippen LogP contribution < -0.4 is 10.9 Å². The number of carbonyl (C=O) groups is 2. The predicted molar refractivity (Wildman–Crippen MR) is 59.3 cm³/mol. The molecule has 1 atom stereocenters. The Morgan fingerprint density at radius 2 is 2.06 bits per heavy atom. The van der Waals surface area contributed by atoms with Crippen LogP contribution in [0.15, 0.2) is 16.9 Å². The number of amides is 1. The molecule has 0 aliphatic heterocycles. The average Bonchev–Trinajstić information content (AvgIpc) is 2.27. The van der Waals surface area contributed by atoms with Gasteiger partial charge in [0.15, 0.2) is 12.0 Å². The van der Waals surface area contributed by atoms with Crippen LogP contribution in [0, 0.1) is 0 Å². The van der Waals surface area contributed by atoms with E-state index in [0.717, 1.165) is 12.1 Å². The molecule has 0 saturated carbocycles. The minimum Gasteiger partial charge on any atom is -0.494 e. The molecule has 1 aromatic heterocycles. The summed E-state index contributed by atoms with van der Waals surface area (Å²) in [6, 6.07) is 2.05. The lowest BCUT2D eigenvalue weighted by Crippen LogP contribution is -2.30. The number of nitrogens with one attached hydrogen (secondary N) is 2. The van der Waals surface area contributed by atoms with Crippen LogP contribution in [0.3, 0.4) is 0 Å². The second-order valence-corrected chi connectivity index (χ2v) is 3.52. The smallest absolute Gasteiger partial charge is 0.332 e. The Morgan fingerprint density at radius 1 is 1.39 bits per heavy atom. The Labute approximate surface area is 101 Å². The van der Waals surface area contributed by atoms with Crippen molar-refractivity contribution in [2.45, 2.75) is 12.5 Å². The Bertz CT molecular complexity index is 509. The van der Waals surface area contributed by atoms with E-state index in [0.29, 0.717) is 0 Å². The maximum absolute atomic E-state index is 11.5. The molecule has 5 N–H and O–H groups in total. The van der Waals surface area contributed by atoms with E-state index in [4.69, 9.17) is 15.3 Å². The van der Waals surface area contributed by atoms with Crippen LogP contribution in [-0.4, -0.2) is 44.8 Å². The number of rotatable bonds is 5. The minimum atomic E-state index is -1.56. The van der Waals surface area contributed by atoms with Gasteiger partial charge in [-0.3, -0.25) is 14.6 Å². The molecule has 1 aromatic rings. The van der Waals surface area contributed by atoms with E-state index in [1.165, 1.54) is 0 Å². The molecule has 0 spiro atoms. The number of H-pyrrole nitrogens is 1. The van der Waals surface area contributed by atoms with E-state index in [2.05, 4.69) is 10.3 Å². The molecule has 1 rings (SSSR count). The van der Waals surface area contributed by atoms with Crippen molar-refractivity contribution in [3.8, 4) is 5.88 Å². The first-order chi connectivity index (χ1) is 8.40. The summed E-state index contributed by atoms with van der Waals surface area (Å²) >= 11 is 0. The number of aliphatic hydroxyl groups excluding tert-OH is 1. The van der Waals surface area contributed by atoms with Gasteiger partial charge in [-0.25, -0.2) is 4.79 Å². The van der Waals surface area contributed by atoms with Gasteiger partial charge in [0.25, 0.3) is 11.5 Å². The third kappa shape index (κ3) is 3.91. The van der Waals surface area contributed by atoms with E-state index >= 15 is 0 Å². The number of carboxylic acids is 1. The van der Waals surface area contributed by atoms with Gasteiger partial charge in [0.1, 0.15) is 0 Å². The number of aromatic amines is 1. The van der Waals surface area contributed by atoms with Crippen LogP contribution in [0.4, 0.5) is 0 Å². The number of aliphatic hydroxyl groups is 1. The SMILES string of the molecule is O=C(NCC[C@H](O)C(=O)O)c1cc(O)[nH]c(=O)c1. The van der Waals surface area contributed by atoms with Crippen molar-refractivity contribution in [3.05, 3.63) is 28.0 Å².